The highest BCUT2D eigenvalue weighted by Crippen LogP contribution is 2.34. The number of benzene rings is 1. The Kier molecular flexibility index (Phi) is 4.49. The van der Waals surface area contributed by atoms with Gasteiger partial charge in [0.15, 0.2) is 0 Å². The third-order valence-electron chi connectivity index (χ3n) is 3.53. The van der Waals surface area contributed by atoms with Gasteiger partial charge in [-0.15, -0.1) is 0 Å². The zero-order chi connectivity index (χ0) is 17.4. The lowest BCUT2D eigenvalue weighted by Crippen LogP contribution is -2.34. The van der Waals surface area contributed by atoms with Crippen molar-refractivity contribution in [3.8, 4) is 0 Å². The summed E-state index contributed by atoms with van der Waals surface area (Å²) in [5, 5.41) is 2.56. The molecule has 0 saturated carbocycles. The lowest BCUT2D eigenvalue weighted by atomic mass is 10.0. The van der Waals surface area contributed by atoms with Crippen LogP contribution in [0.25, 0.3) is 5.57 Å². The molecule has 1 aliphatic rings. The Morgan fingerprint density at radius 1 is 1.30 bits per heavy atom. The Balaban J connectivity index is 2.52. The van der Waals surface area contributed by atoms with Crippen LogP contribution in [0.5, 0.6) is 0 Å². The summed E-state index contributed by atoms with van der Waals surface area (Å²) in [4.78, 5) is 25.4. The van der Waals surface area contributed by atoms with Crippen molar-refractivity contribution in [2.24, 2.45) is 0 Å². The first-order valence-corrected chi connectivity index (χ1v) is 7.10. The molecule has 2 amide bonds. The maximum absolute atomic E-state index is 12.9. The van der Waals surface area contributed by atoms with E-state index >= 15 is 0 Å². The number of rotatable bonds is 3. The summed E-state index contributed by atoms with van der Waals surface area (Å²) in [5.74, 6) is -0.758. The molecule has 1 aromatic rings. The molecule has 1 aliphatic heterocycles. The molecule has 0 saturated heterocycles. The van der Waals surface area contributed by atoms with Crippen molar-refractivity contribution in [2.75, 3.05) is 6.54 Å². The van der Waals surface area contributed by atoms with Gasteiger partial charge in [0.2, 0.25) is 5.91 Å². The van der Waals surface area contributed by atoms with E-state index in [0.717, 1.165) is 12.1 Å². The van der Waals surface area contributed by atoms with E-state index in [0.29, 0.717) is 5.70 Å². The molecule has 1 aromatic carbocycles. The molecule has 0 spiro atoms. The molecule has 0 atom stereocenters. The summed E-state index contributed by atoms with van der Waals surface area (Å²) < 4.78 is 38.6. The maximum Gasteiger partial charge on any atom is 0.416 e. The van der Waals surface area contributed by atoms with Crippen LogP contribution in [0, 0.1) is 0 Å². The van der Waals surface area contributed by atoms with Gasteiger partial charge in [-0.2, -0.15) is 13.2 Å². The van der Waals surface area contributed by atoms with E-state index in [1.54, 1.807) is 13.8 Å². The number of nitrogens with one attached hydrogen (secondary N) is 1. The van der Waals surface area contributed by atoms with E-state index in [9.17, 15) is 22.8 Å². The van der Waals surface area contributed by atoms with E-state index in [-0.39, 0.29) is 35.5 Å². The van der Waals surface area contributed by atoms with Gasteiger partial charge in [0.25, 0.3) is 5.91 Å². The molecule has 2 rings (SSSR count). The predicted molar refractivity (Wildman–Crippen MR) is 79.0 cm³/mol. The summed E-state index contributed by atoms with van der Waals surface area (Å²) in [6.45, 7) is 5.07. The lowest BCUT2D eigenvalue weighted by molar-refractivity contribution is -0.137. The van der Waals surface area contributed by atoms with Gasteiger partial charge >= 0.3 is 6.18 Å². The first kappa shape index (κ1) is 17.1. The molecule has 0 fully saturated rings. The molecule has 0 aromatic heterocycles. The summed E-state index contributed by atoms with van der Waals surface area (Å²) >= 11 is 0. The topological polar surface area (TPSA) is 49.4 Å². The van der Waals surface area contributed by atoms with Gasteiger partial charge in [-0.25, -0.2) is 0 Å². The number of amides is 2. The SMILES string of the molecule is CC(=O)NC1=C(c2cccc(C(F)(F)F)c2)C(=O)N(C(C)C)C1. The van der Waals surface area contributed by atoms with E-state index in [2.05, 4.69) is 5.32 Å². The van der Waals surface area contributed by atoms with E-state index in [4.69, 9.17) is 0 Å². The number of carbonyl (C=O) groups is 2. The van der Waals surface area contributed by atoms with Crippen molar-refractivity contribution >= 4 is 17.4 Å². The lowest BCUT2D eigenvalue weighted by Gasteiger charge is -2.21. The van der Waals surface area contributed by atoms with Gasteiger partial charge in [-0.1, -0.05) is 12.1 Å². The highest BCUT2D eigenvalue weighted by Gasteiger charge is 2.35. The van der Waals surface area contributed by atoms with Crippen LogP contribution < -0.4 is 5.32 Å². The minimum absolute atomic E-state index is 0.111. The van der Waals surface area contributed by atoms with Gasteiger partial charge in [0.05, 0.1) is 23.4 Å². The van der Waals surface area contributed by atoms with Crippen LogP contribution in [0.2, 0.25) is 0 Å². The second-order valence-corrected chi connectivity index (χ2v) is 5.64. The van der Waals surface area contributed by atoms with Gasteiger partial charge in [-0.3, -0.25) is 9.59 Å². The third-order valence-corrected chi connectivity index (χ3v) is 3.53. The number of alkyl halides is 3. The molecular weight excluding hydrogens is 309 g/mol. The van der Waals surface area contributed by atoms with Crippen LogP contribution in [0.1, 0.15) is 31.9 Å². The number of hydrogen-bond donors (Lipinski definition) is 1. The Morgan fingerprint density at radius 3 is 2.48 bits per heavy atom. The molecule has 4 nitrogen and oxygen atoms in total. The fourth-order valence-corrected chi connectivity index (χ4v) is 2.47. The van der Waals surface area contributed by atoms with Crippen LogP contribution in [0.15, 0.2) is 30.0 Å². The molecule has 0 aliphatic carbocycles. The second kappa shape index (κ2) is 6.06. The number of carbonyl (C=O) groups excluding carboxylic acids is 2. The zero-order valence-corrected chi connectivity index (χ0v) is 13.0. The standard InChI is InChI=1S/C16H17F3N2O2/c1-9(2)21-8-13(20-10(3)22)14(15(21)23)11-5-4-6-12(7-11)16(17,18)19/h4-7,9H,8H2,1-3H3,(H,20,22). The molecule has 7 heteroatoms. The number of hydrogen-bond acceptors (Lipinski definition) is 2. The molecule has 124 valence electrons. The van der Waals surface area contributed by atoms with Crippen LogP contribution in [0.3, 0.4) is 0 Å². The van der Waals surface area contributed by atoms with Crippen molar-refractivity contribution in [1.82, 2.24) is 10.2 Å². The van der Waals surface area contributed by atoms with Crippen molar-refractivity contribution in [3.63, 3.8) is 0 Å². The molecule has 0 unspecified atom stereocenters. The normalized spacial score (nSPS) is 15.6. The van der Waals surface area contributed by atoms with Gasteiger partial charge in [0.1, 0.15) is 0 Å². The minimum Gasteiger partial charge on any atom is -0.330 e. The summed E-state index contributed by atoms with van der Waals surface area (Å²) in [6, 6.07) is 4.44. The largest absolute Gasteiger partial charge is 0.416 e. The van der Waals surface area contributed by atoms with Crippen LogP contribution in [-0.4, -0.2) is 29.3 Å². The van der Waals surface area contributed by atoms with Crippen molar-refractivity contribution in [1.29, 1.82) is 0 Å². The Morgan fingerprint density at radius 2 is 1.96 bits per heavy atom. The van der Waals surface area contributed by atoms with Crippen molar-refractivity contribution in [2.45, 2.75) is 33.0 Å². The van der Waals surface area contributed by atoms with Crippen molar-refractivity contribution < 1.29 is 22.8 Å². The molecular formula is C16H17F3N2O2. The molecule has 0 radical (unpaired) electrons. The maximum atomic E-state index is 12.9. The molecule has 1 N–H and O–H groups in total. The second-order valence-electron chi connectivity index (χ2n) is 5.64. The predicted octanol–water partition coefficient (Wildman–Crippen LogP) is 2.80. The van der Waals surface area contributed by atoms with Crippen LogP contribution in [0.4, 0.5) is 13.2 Å². The highest BCUT2D eigenvalue weighted by molar-refractivity contribution is 6.23. The fraction of sp³-hybridized carbons (Fsp3) is 0.375. The van der Waals surface area contributed by atoms with Crippen molar-refractivity contribution in [3.05, 3.63) is 41.1 Å². The molecule has 0 bridgehead atoms. The van der Waals surface area contributed by atoms with Gasteiger partial charge < -0.3 is 10.2 Å². The minimum atomic E-state index is -4.50. The summed E-state index contributed by atoms with van der Waals surface area (Å²) in [7, 11) is 0. The van der Waals surface area contributed by atoms with E-state index < -0.39 is 11.7 Å². The Bertz CT molecular complexity index is 678. The average Bonchev–Trinajstić information content (AvgIpc) is 2.74. The quantitative estimate of drug-likeness (QED) is 0.928. The number of nitrogens with zero attached hydrogens (tertiary/aromatic N) is 1. The van der Waals surface area contributed by atoms with Gasteiger partial charge in [0, 0.05) is 13.0 Å². The zero-order valence-electron chi connectivity index (χ0n) is 13.0. The number of halogens is 3. The summed E-state index contributed by atoms with van der Waals surface area (Å²) in [5.41, 5.74) is -0.243. The molecule has 1 heterocycles. The van der Waals surface area contributed by atoms with E-state index in [1.165, 1.54) is 24.0 Å². The monoisotopic (exact) mass is 326 g/mol. The van der Waals surface area contributed by atoms with Gasteiger partial charge in [-0.05, 0) is 31.5 Å². The fourth-order valence-electron chi connectivity index (χ4n) is 2.47. The van der Waals surface area contributed by atoms with Crippen LogP contribution >= 0.6 is 0 Å². The smallest absolute Gasteiger partial charge is 0.330 e. The average molecular weight is 326 g/mol. The Labute approximate surface area is 132 Å². The first-order chi connectivity index (χ1) is 10.6. The highest BCUT2D eigenvalue weighted by atomic mass is 19.4. The molecule has 23 heavy (non-hydrogen) atoms. The van der Waals surface area contributed by atoms with Crippen LogP contribution in [-0.2, 0) is 15.8 Å². The van der Waals surface area contributed by atoms with E-state index in [1.807, 2.05) is 0 Å². The first-order valence-electron chi connectivity index (χ1n) is 7.10. The summed E-state index contributed by atoms with van der Waals surface area (Å²) in [6.07, 6.45) is -4.50. The third kappa shape index (κ3) is 3.55. The Hall–Kier alpha value is -2.31.